The number of esters is 1. The minimum Gasteiger partial charge on any atom is -0.467 e. The van der Waals surface area contributed by atoms with Crippen LogP contribution >= 0.6 is 0 Å². The van der Waals surface area contributed by atoms with Crippen LogP contribution in [0.25, 0.3) is 0 Å². The number of hydrogen-bond acceptors (Lipinski definition) is 5. The highest BCUT2D eigenvalue weighted by molar-refractivity contribution is 6.13. The lowest BCUT2D eigenvalue weighted by Gasteiger charge is -2.25. The molecule has 7 heteroatoms. The number of aromatic nitrogens is 2. The SMILES string of the molecule is COC(=O)[C@H](C([SiH3])CC(C)C)n1nc(CCN(C)C)cc(C)c1=O. The summed E-state index contributed by atoms with van der Waals surface area (Å²) >= 11 is 0. The molecule has 0 aromatic carbocycles. The Morgan fingerprint density at radius 3 is 2.54 bits per heavy atom. The van der Waals surface area contributed by atoms with Gasteiger partial charge in [0, 0.05) is 28.8 Å². The van der Waals surface area contributed by atoms with Crippen LogP contribution in [0.15, 0.2) is 10.9 Å². The standard InChI is InChI=1S/C17H31N3O3Si/c1-11(2)9-14(24)15(17(22)23-6)20-16(21)12(3)10-13(18-20)7-8-19(4)5/h10-11,14-15H,7-9H2,1-6,24H3/t14?,15-/m0/s1. The minimum atomic E-state index is -0.630. The van der Waals surface area contributed by atoms with Crippen molar-refractivity contribution in [2.45, 2.75) is 45.2 Å². The molecule has 0 fully saturated rings. The number of aryl methyl sites for hydroxylation is 1. The predicted molar refractivity (Wildman–Crippen MR) is 99.7 cm³/mol. The van der Waals surface area contributed by atoms with Crippen LogP contribution in [0, 0.1) is 12.8 Å². The van der Waals surface area contributed by atoms with E-state index in [0.717, 1.165) is 35.3 Å². The fourth-order valence-electron chi connectivity index (χ4n) is 2.92. The van der Waals surface area contributed by atoms with Crippen molar-refractivity contribution in [3.05, 3.63) is 27.7 Å². The Balaban J connectivity index is 3.29. The Bertz CT molecular complexity index is 614. The van der Waals surface area contributed by atoms with Gasteiger partial charge >= 0.3 is 5.97 Å². The average molecular weight is 354 g/mol. The van der Waals surface area contributed by atoms with Crippen molar-refractivity contribution < 1.29 is 9.53 Å². The fraction of sp³-hybridized carbons (Fsp3) is 0.706. The fourth-order valence-corrected chi connectivity index (χ4v) is 4.42. The normalized spacial score (nSPS) is 14.2. The Hall–Kier alpha value is -1.47. The molecule has 0 saturated heterocycles. The van der Waals surface area contributed by atoms with Crippen molar-refractivity contribution in [1.82, 2.24) is 14.7 Å². The van der Waals surface area contributed by atoms with Crippen LogP contribution in [-0.4, -0.2) is 58.6 Å². The van der Waals surface area contributed by atoms with Crippen LogP contribution in [-0.2, 0) is 16.0 Å². The molecule has 0 spiro atoms. The Kier molecular flexibility index (Phi) is 7.82. The maximum Gasteiger partial charge on any atom is 0.330 e. The second kappa shape index (κ2) is 9.13. The zero-order chi connectivity index (χ0) is 18.4. The van der Waals surface area contributed by atoms with Gasteiger partial charge in [0.05, 0.1) is 12.8 Å². The van der Waals surface area contributed by atoms with Gasteiger partial charge in [-0.1, -0.05) is 13.8 Å². The van der Waals surface area contributed by atoms with Crippen LogP contribution in [0.2, 0.25) is 5.54 Å². The van der Waals surface area contributed by atoms with Gasteiger partial charge in [-0.3, -0.25) is 4.79 Å². The van der Waals surface area contributed by atoms with E-state index in [1.165, 1.54) is 11.8 Å². The predicted octanol–water partition coefficient (Wildman–Crippen LogP) is 0.570. The number of methoxy groups -OCH3 is 1. The smallest absolute Gasteiger partial charge is 0.330 e. The summed E-state index contributed by atoms with van der Waals surface area (Å²) in [6.45, 7) is 6.85. The maximum absolute atomic E-state index is 12.6. The van der Waals surface area contributed by atoms with E-state index in [4.69, 9.17) is 4.74 Å². The number of nitrogens with zero attached hydrogens (tertiary/aromatic N) is 3. The van der Waals surface area contributed by atoms with E-state index >= 15 is 0 Å². The molecule has 0 aliphatic heterocycles. The van der Waals surface area contributed by atoms with Crippen molar-refractivity contribution >= 4 is 16.2 Å². The first kappa shape index (κ1) is 20.6. The highest BCUT2D eigenvalue weighted by atomic mass is 28.1. The summed E-state index contributed by atoms with van der Waals surface area (Å²) < 4.78 is 6.35. The molecule has 0 N–H and O–H groups in total. The largest absolute Gasteiger partial charge is 0.467 e. The van der Waals surface area contributed by atoms with Crippen molar-refractivity contribution in [2.24, 2.45) is 5.92 Å². The lowest BCUT2D eigenvalue weighted by molar-refractivity contribution is -0.145. The van der Waals surface area contributed by atoms with Crippen molar-refractivity contribution in [1.29, 1.82) is 0 Å². The second-order valence-corrected chi connectivity index (χ2v) is 8.68. The lowest BCUT2D eigenvalue weighted by atomic mass is 10.0. The highest BCUT2D eigenvalue weighted by Crippen LogP contribution is 2.27. The Morgan fingerprint density at radius 1 is 1.42 bits per heavy atom. The van der Waals surface area contributed by atoms with E-state index in [9.17, 15) is 9.59 Å². The summed E-state index contributed by atoms with van der Waals surface area (Å²) in [5.41, 5.74) is 1.34. The third-order valence-corrected chi connectivity index (χ3v) is 5.17. The second-order valence-electron chi connectivity index (χ2n) is 7.20. The highest BCUT2D eigenvalue weighted by Gasteiger charge is 2.30. The summed E-state index contributed by atoms with van der Waals surface area (Å²) in [6, 6.07) is 1.19. The van der Waals surface area contributed by atoms with Crippen LogP contribution in [0.1, 0.15) is 37.6 Å². The van der Waals surface area contributed by atoms with Crippen molar-refractivity contribution in [3.8, 4) is 0 Å². The molecule has 1 aromatic rings. The van der Waals surface area contributed by atoms with Gasteiger partial charge in [0.25, 0.3) is 5.56 Å². The van der Waals surface area contributed by atoms with Crippen molar-refractivity contribution in [2.75, 3.05) is 27.7 Å². The van der Waals surface area contributed by atoms with Gasteiger partial charge in [0.15, 0.2) is 6.04 Å². The molecule has 0 saturated carbocycles. The average Bonchev–Trinajstić information content (AvgIpc) is 2.48. The van der Waals surface area contributed by atoms with Gasteiger partial charge in [-0.15, -0.1) is 0 Å². The summed E-state index contributed by atoms with van der Waals surface area (Å²) in [7, 11) is 6.15. The van der Waals surface area contributed by atoms with Crippen LogP contribution < -0.4 is 5.56 Å². The molecule has 1 heterocycles. The number of carbonyl (C=O) groups excluding carboxylic acids is 1. The van der Waals surface area contributed by atoms with Crippen LogP contribution in [0.4, 0.5) is 0 Å². The zero-order valence-electron chi connectivity index (χ0n) is 16.0. The molecule has 0 bridgehead atoms. The first-order valence-electron chi connectivity index (χ1n) is 8.49. The molecule has 0 amide bonds. The molecule has 136 valence electrons. The van der Waals surface area contributed by atoms with Gasteiger partial charge in [0.2, 0.25) is 0 Å². The van der Waals surface area contributed by atoms with E-state index in [0.29, 0.717) is 11.5 Å². The Morgan fingerprint density at radius 2 is 2.04 bits per heavy atom. The molecule has 1 rings (SSSR count). The third kappa shape index (κ3) is 5.56. The van der Waals surface area contributed by atoms with E-state index < -0.39 is 6.04 Å². The molecule has 0 radical (unpaired) electrons. The van der Waals surface area contributed by atoms with Gasteiger partial charge in [-0.25, -0.2) is 9.48 Å². The number of likely N-dealkylation sites (N-methyl/N-ethyl adjacent to an activating group) is 1. The first-order valence-corrected chi connectivity index (χ1v) is 9.64. The molecule has 0 aliphatic rings. The van der Waals surface area contributed by atoms with E-state index in [1.54, 1.807) is 6.92 Å². The summed E-state index contributed by atoms with van der Waals surface area (Å²) in [6.07, 6.45) is 1.61. The molecule has 6 nitrogen and oxygen atoms in total. The summed E-state index contributed by atoms with van der Waals surface area (Å²) in [5.74, 6) is 0.0720. The number of hydrogen-bond donors (Lipinski definition) is 0. The molecule has 1 aromatic heterocycles. The molecule has 24 heavy (non-hydrogen) atoms. The zero-order valence-corrected chi connectivity index (χ0v) is 18.0. The minimum absolute atomic E-state index is 0.103. The maximum atomic E-state index is 12.6. The van der Waals surface area contributed by atoms with Gasteiger partial charge < -0.3 is 9.64 Å². The quantitative estimate of drug-likeness (QED) is 0.505. The summed E-state index contributed by atoms with van der Waals surface area (Å²) in [4.78, 5) is 27.0. The number of carbonyl (C=O) groups is 1. The molecule has 0 aliphatic carbocycles. The first-order chi connectivity index (χ1) is 11.2. The topological polar surface area (TPSA) is 64.4 Å². The Labute approximate surface area is 147 Å². The molecule has 1 unspecified atom stereocenters. The van der Waals surface area contributed by atoms with E-state index in [-0.39, 0.29) is 17.1 Å². The molecule has 2 atom stereocenters. The monoisotopic (exact) mass is 353 g/mol. The lowest BCUT2D eigenvalue weighted by Crippen LogP contribution is -2.37. The third-order valence-electron chi connectivity index (χ3n) is 4.07. The van der Waals surface area contributed by atoms with Crippen LogP contribution in [0.3, 0.4) is 0 Å². The van der Waals surface area contributed by atoms with Gasteiger partial charge in [0.1, 0.15) is 0 Å². The molecular weight excluding hydrogens is 322 g/mol. The number of ether oxygens (including phenoxy) is 1. The van der Waals surface area contributed by atoms with E-state index in [1.807, 2.05) is 20.2 Å². The van der Waals surface area contributed by atoms with E-state index in [2.05, 4.69) is 23.8 Å². The summed E-state index contributed by atoms with van der Waals surface area (Å²) in [5, 5.41) is 4.50. The van der Waals surface area contributed by atoms with Crippen LogP contribution in [0.5, 0.6) is 0 Å². The molecular formula is C17H31N3O3Si. The number of rotatable bonds is 8. The van der Waals surface area contributed by atoms with Crippen molar-refractivity contribution in [3.63, 3.8) is 0 Å². The van der Waals surface area contributed by atoms with Gasteiger partial charge in [-0.2, -0.15) is 5.10 Å². The van der Waals surface area contributed by atoms with Gasteiger partial charge in [-0.05, 0) is 45.0 Å².